The third-order valence-electron chi connectivity index (χ3n) is 11.6. The van der Waals surface area contributed by atoms with E-state index < -0.39 is 76.2 Å². The van der Waals surface area contributed by atoms with Crippen molar-refractivity contribution < 1.29 is 47.6 Å². The Morgan fingerprint density at radius 2 is 1.67 bits per heavy atom. The van der Waals surface area contributed by atoms with E-state index in [1.165, 1.54) is 22.0 Å². The molecule has 46 heavy (non-hydrogen) atoms. The molecule has 2 aliphatic heterocycles. The van der Waals surface area contributed by atoms with Crippen molar-refractivity contribution in [2.75, 3.05) is 32.8 Å². The fourth-order valence-corrected chi connectivity index (χ4v) is 9.53. The standard InChI is InChI=1S/C34H47FN2O9/c1-29(2,3)45-28(42)37-14-12-36(13-15-37)27(41)43-19-25(40)34-26(44-30(4,5)46-34)17-23-22-9-8-20-16-21(38)10-11-31(20,6)33(22,35)24(39)18-32(23,34)7/h10-11,16,22-24,26,39H,8-9,12-15,17-19H2,1-7H3/t22-,23-,24-,26+,31-,32-,33-,34+/m0/s1. The Kier molecular flexibility index (Phi) is 7.61. The monoisotopic (exact) mass is 646 g/mol. The third-order valence-corrected chi connectivity index (χ3v) is 11.6. The van der Waals surface area contributed by atoms with Crippen molar-refractivity contribution in [2.24, 2.45) is 22.7 Å². The first-order chi connectivity index (χ1) is 21.3. The van der Waals surface area contributed by atoms with Crippen molar-refractivity contribution >= 4 is 23.8 Å². The average Bonchev–Trinajstić information content (AvgIpc) is 3.37. The number of hydrogen-bond acceptors (Lipinski definition) is 9. The molecule has 0 radical (unpaired) electrons. The number of carbonyl (C=O) groups excluding carboxylic acids is 4. The van der Waals surface area contributed by atoms with E-state index in [2.05, 4.69) is 0 Å². The molecule has 0 spiro atoms. The SMILES string of the molecule is CC(C)(C)OC(=O)N1CCN(C(=O)OCC(=O)[C@@]23OC(C)(C)O[C@@H]2C[C@H]2[C@@H]4CCC5=CC(=O)C=C[C@]5(C)[C@@]4(F)[C@@H](O)C[C@@]23C)CC1. The molecule has 8 atom stereocenters. The molecule has 0 aromatic heterocycles. The molecule has 3 saturated carbocycles. The number of ketones is 2. The van der Waals surface area contributed by atoms with Crippen molar-refractivity contribution in [3.05, 3.63) is 23.8 Å². The second-order valence-electron chi connectivity index (χ2n) is 15.8. The van der Waals surface area contributed by atoms with Crippen molar-refractivity contribution in [2.45, 2.75) is 109 Å². The molecular weight excluding hydrogens is 599 g/mol. The molecule has 2 amide bonds. The summed E-state index contributed by atoms with van der Waals surface area (Å²) in [4.78, 5) is 55.0. The zero-order valence-corrected chi connectivity index (χ0v) is 27.9. The summed E-state index contributed by atoms with van der Waals surface area (Å²) in [5.74, 6) is -2.82. The van der Waals surface area contributed by atoms with Gasteiger partial charge in [0.15, 0.2) is 29.4 Å². The maximum Gasteiger partial charge on any atom is 0.410 e. The fourth-order valence-electron chi connectivity index (χ4n) is 9.53. The van der Waals surface area contributed by atoms with E-state index in [9.17, 15) is 24.3 Å². The van der Waals surface area contributed by atoms with Gasteiger partial charge in [-0.3, -0.25) is 9.59 Å². The summed E-state index contributed by atoms with van der Waals surface area (Å²) in [5.41, 5.74) is -5.79. The number of nitrogens with zero attached hydrogens (tertiary/aromatic N) is 2. The summed E-state index contributed by atoms with van der Waals surface area (Å²) in [6.07, 6.45) is 2.31. The van der Waals surface area contributed by atoms with E-state index in [1.54, 1.807) is 47.6 Å². The number of piperazine rings is 1. The van der Waals surface area contributed by atoms with E-state index >= 15 is 4.39 Å². The van der Waals surface area contributed by atoms with Crippen LogP contribution in [0.4, 0.5) is 14.0 Å². The second-order valence-corrected chi connectivity index (χ2v) is 15.8. The van der Waals surface area contributed by atoms with Crippen LogP contribution in [0.3, 0.4) is 0 Å². The molecule has 5 fully saturated rings. The van der Waals surface area contributed by atoms with Gasteiger partial charge in [-0.2, -0.15) is 0 Å². The molecule has 254 valence electrons. The summed E-state index contributed by atoms with van der Waals surface area (Å²) >= 11 is 0. The van der Waals surface area contributed by atoms with Crippen LogP contribution in [0.2, 0.25) is 0 Å². The highest BCUT2D eigenvalue weighted by atomic mass is 19.1. The maximum absolute atomic E-state index is 17.6. The molecule has 2 heterocycles. The summed E-state index contributed by atoms with van der Waals surface area (Å²) in [7, 11) is 0. The van der Waals surface area contributed by atoms with E-state index in [1.807, 2.05) is 6.92 Å². The fraction of sp³-hybridized carbons (Fsp3) is 0.765. The van der Waals surface area contributed by atoms with E-state index in [0.29, 0.717) is 24.8 Å². The number of hydrogen-bond donors (Lipinski definition) is 1. The number of aliphatic hydroxyl groups is 1. The lowest BCUT2D eigenvalue weighted by Crippen LogP contribution is -2.70. The number of fused-ring (bicyclic) bond motifs is 7. The molecule has 11 nitrogen and oxygen atoms in total. The Morgan fingerprint density at radius 3 is 2.30 bits per heavy atom. The van der Waals surface area contributed by atoms with Crippen molar-refractivity contribution in [3.8, 4) is 0 Å². The minimum atomic E-state index is -2.06. The Labute approximate surface area is 269 Å². The van der Waals surface area contributed by atoms with Gasteiger partial charge in [0.2, 0.25) is 5.78 Å². The molecule has 1 N–H and O–H groups in total. The summed E-state index contributed by atoms with van der Waals surface area (Å²) < 4.78 is 41.4. The predicted octanol–water partition coefficient (Wildman–Crippen LogP) is 4.12. The minimum absolute atomic E-state index is 0.0719. The van der Waals surface area contributed by atoms with Gasteiger partial charge in [-0.15, -0.1) is 0 Å². The van der Waals surface area contributed by atoms with Gasteiger partial charge in [0.25, 0.3) is 0 Å². The van der Waals surface area contributed by atoms with Crippen LogP contribution in [-0.4, -0.2) is 106 Å². The number of aliphatic hydroxyl groups excluding tert-OH is 1. The lowest BCUT2D eigenvalue weighted by molar-refractivity contribution is -0.246. The molecule has 0 aromatic carbocycles. The third kappa shape index (κ3) is 4.76. The molecule has 12 heteroatoms. The van der Waals surface area contributed by atoms with Crippen molar-refractivity contribution in [3.63, 3.8) is 0 Å². The number of amides is 2. The second kappa shape index (κ2) is 10.6. The molecule has 0 bridgehead atoms. The van der Waals surface area contributed by atoms with Crippen LogP contribution in [0.5, 0.6) is 0 Å². The van der Waals surface area contributed by atoms with Gasteiger partial charge in [-0.25, -0.2) is 14.0 Å². The van der Waals surface area contributed by atoms with Crippen LogP contribution in [0.1, 0.15) is 74.1 Å². The number of ether oxygens (including phenoxy) is 4. The van der Waals surface area contributed by atoms with Crippen LogP contribution < -0.4 is 0 Å². The zero-order chi connectivity index (χ0) is 33.7. The smallest absolute Gasteiger partial charge is 0.410 e. The first-order valence-electron chi connectivity index (χ1n) is 16.4. The molecule has 2 saturated heterocycles. The number of halogens is 1. The largest absolute Gasteiger partial charge is 0.444 e. The van der Waals surface area contributed by atoms with Crippen LogP contribution in [-0.2, 0) is 28.5 Å². The highest BCUT2D eigenvalue weighted by molar-refractivity contribution is 6.01. The number of Topliss-reactive ketones (excluding diaryl/α,β-unsaturated/α-hetero) is 1. The van der Waals surface area contributed by atoms with Crippen molar-refractivity contribution in [1.29, 1.82) is 0 Å². The van der Waals surface area contributed by atoms with Gasteiger partial charge in [-0.1, -0.05) is 18.6 Å². The number of allylic oxidation sites excluding steroid dienone is 4. The maximum atomic E-state index is 17.6. The molecule has 6 aliphatic rings. The molecule has 0 aromatic rings. The van der Waals surface area contributed by atoms with Crippen LogP contribution in [0.15, 0.2) is 23.8 Å². The Bertz CT molecular complexity index is 1400. The first kappa shape index (κ1) is 33.1. The predicted molar refractivity (Wildman–Crippen MR) is 162 cm³/mol. The van der Waals surface area contributed by atoms with Gasteiger partial charge in [0.05, 0.1) is 12.2 Å². The average molecular weight is 647 g/mol. The number of alkyl halides is 1. The summed E-state index contributed by atoms with van der Waals surface area (Å²) in [5, 5.41) is 11.7. The normalized spacial score (nSPS) is 41.2. The van der Waals surface area contributed by atoms with Gasteiger partial charge >= 0.3 is 12.2 Å². The lowest BCUT2D eigenvalue weighted by atomic mass is 9.44. The molecule has 6 rings (SSSR count). The quantitative estimate of drug-likeness (QED) is 0.481. The highest BCUT2D eigenvalue weighted by Crippen LogP contribution is 2.72. The molecular formula is C34H47FN2O9. The minimum Gasteiger partial charge on any atom is -0.444 e. The highest BCUT2D eigenvalue weighted by Gasteiger charge is 2.80. The Morgan fingerprint density at radius 1 is 1.04 bits per heavy atom. The summed E-state index contributed by atoms with van der Waals surface area (Å²) in [6, 6.07) is 0. The van der Waals surface area contributed by atoms with E-state index in [-0.39, 0.29) is 44.3 Å². The van der Waals surface area contributed by atoms with Crippen LogP contribution in [0, 0.1) is 22.7 Å². The van der Waals surface area contributed by atoms with Crippen LogP contribution in [0.25, 0.3) is 0 Å². The molecule has 0 unspecified atom stereocenters. The van der Waals surface area contributed by atoms with Gasteiger partial charge < -0.3 is 33.9 Å². The van der Waals surface area contributed by atoms with Gasteiger partial charge in [-0.05, 0) is 85.3 Å². The van der Waals surface area contributed by atoms with Gasteiger partial charge in [0.1, 0.15) is 5.60 Å². The lowest BCUT2D eigenvalue weighted by Gasteiger charge is -2.62. The van der Waals surface area contributed by atoms with Crippen LogP contribution >= 0.6 is 0 Å². The first-order valence-corrected chi connectivity index (χ1v) is 16.4. The number of rotatable bonds is 3. The van der Waals surface area contributed by atoms with E-state index in [4.69, 9.17) is 18.9 Å². The Hall–Kier alpha value is -2.83. The topological polar surface area (TPSA) is 132 Å². The van der Waals surface area contributed by atoms with E-state index in [0.717, 1.165) is 0 Å². The Balaban J connectivity index is 1.20. The van der Waals surface area contributed by atoms with Crippen molar-refractivity contribution in [1.82, 2.24) is 9.80 Å². The zero-order valence-electron chi connectivity index (χ0n) is 27.9. The molecule has 4 aliphatic carbocycles. The number of carbonyl (C=O) groups is 4. The van der Waals surface area contributed by atoms with Gasteiger partial charge in [0, 0.05) is 42.9 Å². The summed E-state index contributed by atoms with van der Waals surface area (Å²) in [6.45, 7) is 12.8.